The minimum absolute atomic E-state index is 0.0513. The fourth-order valence-corrected chi connectivity index (χ4v) is 2.73. The highest BCUT2D eigenvalue weighted by Gasteiger charge is 2.27. The zero-order valence-corrected chi connectivity index (χ0v) is 14.0. The van der Waals surface area contributed by atoms with Crippen LogP contribution in [-0.4, -0.2) is 45.3 Å². The lowest BCUT2D eigenvalue weighted by atomic mass is 10.2. The lowest BCUT2D eigenvalue weighted by molar-refractivity contribution is -0.120. The van der Waals surface area contributed by atoms with Gasteiger partial charge in [-0.25, -0.2) is 8.70 Å². The van der Waals surface area contributed by atoms with Crippen molar-refractivity contribution in [3.8, 4) is 0 Å². The number of anilines is 1. The van der Waals surface area contributed by atoms with Gasteiger partial charge in [0.05, 0.1) is 5.69 Å². The highest BCUT2D eigenvalue weighted by molar-refractivity contribution is 7.90. The number of amides is 1. The van der Waals surface area contributed by atoms with E-state index in [4.69, 9.17) is 0 Å². The molecule has 0 fully saturated rings. The van der Waals surface area contributed by atoms with Crippen LogP contribution in [-0.2, 0) is 15.0 Å². The van der Waals surface area contributed by atoms with Crippen molar-refractivity contribution in [3.05, 3.63) is 30.1 Å². The molecule has 0 bridgehead atoms. The van der Waals surface area contributed by atoms with Gasteiger partial charge in [-0.2, -0.15) is 12.7 Å². The Morgan fingerprint density at radius 3 is 2.27 bits per heavy atom. The van der Waals surface area contributed by atoms with Gasteiger partial charge >= 0.3 is 10.2 Å². The summed E-state index contributed by atoms with van der Waals surface area (Å²) in [4.78, 5) is 12.0. The van der Waals surface area contributed by atoms with Crippen LogP contribution in [0.2, 0.25) is 0 Å². The molecule has 22 heavy (non-hydrogen) atoms. The summed E-state index contributed by atoms with van der Waals surface area (Å²) in [5.41, 5.74) is 0.231. The van der Waals surface area contributed by atoms with Crippen molar-refractivity contribution < 1.29 is 17.6 Å². The van der Waals surface area contributed by atoms with Crippen LogP contribution in [0.1, 0.15) is 20.3 Å². The summed E-state index contributed by atoms with van der Waals surface area (Å²) in [6, 6.07) is 4.91. The van der Waals surface area contributed by atoms with Gasteiger partial charge in [-0.15, -0.1) is 0 Å². The first-order chi connectivity index (χ1) is 10.2. The SMILES string of the molecule is CC[C@H](C)NC(=O)CN(c1ccc(F)cc1)S(=O)(=O)N(C)C. The van der Waals surface area contributed by atoms with Crippen molar-refractivity contribution in [2.24, 2.45) is 0 Å². The normalized spacial score (nSPS) is 13.0. The van der Waals surface area contributed by atoms with E-state index in [-0.39, 0.29) is 18.3 Å². The smallest absolute Gasteiger partial charge is 0.304 e. The molecule has 0 radical (unpaired) electrons. The first-order valence-electron chi connectivity index (χ1n) is 6.93. The number of carbonyl (C=O) groups is 1. The second kappa shape index (κ2) is 7.55. The summed E-state index contributed by atoms with van der Waals surface area (Å²) in [5, 5.41) is 2.71. The van der Waals surface area contributed by atoms with Gasteiger partial charge in [-0.05, 0) is 37.6 Å². The van der Waals surface area contributed by atoms with Crippen LogP contribution < -0.4 is 9.62 Å². The van der Waals surface area contributed by atoms with Crippen molar-refractivity contribution in [2.45, 2.75) is 26.3 Å². The molecule has 1 N–H and O–H groups in total. The third kappa shape index (κ3) is 4.67. The van der Waals surface area contributed by atoms with Gasteiger partial charge in [-0.1, -0.05) is 6.92 Å². The molecule has 1 aromatic rings. The van der Waals surface area contributed by atoms with E-state index in [1.54, 1.807) is 0 Å². The Morgan fingerprint density at radius 1 is 1.27 bits per heavy atom. The Kier molecular flexibility index (Phi) is 6.31. The highest BCUT2D eigenvalue weighted by atomic mass is 32.2. The maximum absolute atomic E-state index is 13.0. The third-order valence-electron chi connectivity index (χ3n) is 3.16. The molecule has 0 spiro atoms. The van der Waals surface area contributed by atoms with Gasteiger partial charge in [-0.3, -0.25) is 4.79 Å². The van der Waals surface area contributed by atoms with Gasteiger partial charge < -0.3 is 5.32 Å². The summed E-state index contributed by atoms with van der Waals surface area (Å²) in [5.74, 6) is -0.890. The zero-order chi connectivity index (χ0) is 16.9. The predicted octanol–water partition coefficient (Wildman–Crippen LogP) is 1.35. The van der Waals surface area contributed by atoms with Crippen molar-refractivity contribution in [3.63, 3.8) is 0 Å². The van der Waals surface area contributed by atoms with Gasteiger partial charge in [0.25, 0.3) is 0 Å². The molecular formula is C14H22FN3O3S. The van der Waals surface area contributed by atoms with E-state index in [0.29, 0.717) is 0 Å². The first-order valence-corrected chi connectivity index (χ1v) is 8.33. The number of nitrogens with zero attached hydrogens (tertiary/aromatic N) is 2. The number of nitrogens with one attached hydrogen (secondary N) is 1. The van der Waals surface area contributed by atoms with Gasteiger partial charge in [0.15, 0.2) is 0 Å². The molecule has 1 atom stereocenters. The number of rotatable bonds is 7. The number of benzene rings is 1. The molecule has 0 heterocycles. The standard InChI is InChI=1S/C14H22FN3O3S/c1-5-11(2)16-14(19)10-18(22(20,21)17(3)4)13-8-6-12(15)7-9-13/h6-9,11H,5,10H2,1-4H3,(H,16,19)/t11-/m0/s1. The van der Waals surface area contributed by atoms with Crippen LogP contribution in [0.25, 0.3) is 0 Å². The summed E-state index contributed by atoms with van der Waals surface area (Å²) >= 11 is 0. The van der Waals surface area contributed by atoms with Crippen molar-refractivity contribution in [1.29, 1.82) is 0 Å². The van der Waals surface area contributed by atoms with E-state index in [1.165, 1.54) is 26.2 Å². The van der Waals surface area contributed by atoms with Crippen LogP contribution in [0, 0.1) is 5.82 Å². The lowest BCUT2D eigenvalue weighted by Crippen LogP contribution is -2.47. The quantitative estimate of drug-likeness (QED) is 0.820. The molecule has 0 aliphatic carbocycles. The Bertz CT molecular complexity index is 602. The average molecular weight is 331 g/mol. The number of halogens is 1. The minimum Gasteiger partial charge on any atom is -0.352 e. The maximum Gasteiger partial charge on any atom is 0.304 e. The van der Waals surface area contributed by atoms with Gasteiger partial charge in [0.1, 0.15) is 12.4 Å². The average Bonchev–Trinajstić information content (AvgIpc) is 2.45. The van der Waals surface area contributed by atoms with Crippen LogP contribution in [0.4, 0.5) is 10.1 Å². The first kappa shape index (κ1) is 18.4. The molecule has 124 valence electrons. The third-order valence-corrected chi connectivity index (χ3v) is 4.98. The molecule has 0 aliphatic rings. The summed E-state index contributed by atoms with van der Waals surface area (Å²) in [6.07, 6.45) is 0.739. The van der Waals surface area contributed by atoms with E-state index in [0.717, 1.165) is 27.2 Å². The fraction of sp³-hybridized carbons (Fsp3) is 0.500. The Balaban J connectivity index is 3.08. The molecular weight excluding hydrogens is 309 g/mol. The molecule has 0 unspecified atom stereocenters. The Morgan fingerprint density at radius 2 is 1.82 bits per heavy atom. The summed E-state index contributed by atoms with van der Waals surface area (Å²) < 4.78 is 39.8. The van der Waals surface area contributed by atoms with Gasteiger partial charge in [0, 0.05) is 20.1 Å². The van der Waals surface area contributed by atoms with Gasteiger partial charge in [0.2, 0.25) is 5.91 Å². The highest BCUT2D eigenvalue weighted by Crippen LogP contribution is 2.19. The molecule has 1 rings (SSSR count). The minimum atomic E-state index is -3.86. The molecule has 0 saturated heterocycles. The lowest BCUT2D eigenvalue weighted by Gasteiger charge is -2.27. The molecule has 6 nitrogen and oxygen atoms in total. The van der Waals surface area contributed by atoms with Crippen LogP contribution in [0.5, 0.6) is 0 Å². The largest absolute Gasteiger partial charge is 0.352 e. The van der Waals surface area contributed by atoms with E-state index in [2.05, 4.69) is 5.32 Å². The number of carbonyl (C=O) groups excluding carboxylic acids is 1. The van der Waals surface area contributed by atoms with Crippen LogP contribution in [0.15, 0.2) is 24.3 Å². The summed E-state index contributed by atoms with van der Waals surface area (Å²) in [7, 11) is -1.11. The zero-order valence-electron chi connectivity index (χ0n) is 13.2. The Labute approximate surface area is 131 Å². The Hall–Kier alpha value is -1.67. The molecule has 1 amide bonds. The molecule has 1 aromatic carbocycles. The summed E-state index contributed by atoms with van der Waals surface area (Å²) in [6.45, 7) is 3.39. The van der Waals surface area contributed by atoms with Crippen molar-refractivity contribution >= 4 is 21.8 Å². The molecule has 0 aliphatic heterocycles. The predicted molar refractivity (Wildman–Crippen MR) is 84.2 cm³/mol. The van der Waals surface area contributed by atoms with E-state index < -0.39 is 21.9 Å². The molecule has 0 aromatic heterocycles. The van der Waals surface area contributed by atoms with Crippen molar-refractivity contribution in [2.75, 3.05) is 24.9 Å². The molecule has 8 heteroatoms. The van der Waals surface area contributed by atoms with Crippen molar-refractivity contribution in [1.82, 2.24) is 9.62 Å². The second-order valence-electron chi connectivity index (χ2n) is 5.15. The second-order valence-corrected chi connectivity index (χ2v) is 7.22. The van der Waals surface area contributed by atoms with E-state index in [9.17, 15) is 17.6 Å². The maximum atomic E-state index is 13.0. The van der Waals surface area contributed by atoms with E-state index >= 15 is 0 Å². The number of hydrogen-bond donors (Lipinski definition) is 1. The fourth-order valence-electron chi connectivity index (χ4n) is 1.66. The topological polar surface area (TPSA) is 69.7 Å². The van der Waals surface area contributed by atoms with Crippen LogP contribution >= 0.6 is 0 Å². The van der Waals surface area contributed by atoms with E-state index in [1.807, 2.05) is 13.8 Å². The monoisotopic (exact) mass is 331 g/mol. The number of hydrogen-bond acceptors (Lipinski definition) is 3. The molecule has 0 saturated carbocycles. The van der Waals surface area contributed by atoms with Crippen LogP contribution in [0.3, 0.4) is 0 Å².